The Kier molecular flexibility index (Phi) is 3.65. The summed E-state index contributed by atoms with van der Waals surface area (Å²) in [4.78, 5) is 50.7. The molecule has 0 aromatic rings. The van der Waals surface area contributed by atoms with Gasteiger partial charge in [-0.05, 0) is 19.3 Å². The van der Waals surface area contributed by atoms with Crippen LogP contribution in [0.1, 0.15) is 46.5 Å². The molecule has 8 atom stereocenters. The number of rotatable bonds is 0. The van der Waals surface area contributed by atoms with E-state index in [2.05, 4.69) is 0 Å². The lowest BCUT2D eigenvalue weighted by atomic mass is 9.52. The molecule has 2 aliphatic carbocycles. The third-order valence-corrected chi connectivity index (χ3v) is 7.30. The van der Waals surface area contributed by atoms with Crippen LogP contribution < -0.4 is 0 Å². The monoisotopic (exact) mass is 364 g/mol. The zero-order chi connectivity index (χ0) is 19.0. The molecule has 1 N–H and O–H groups in total. The second-order valence-electron chi connectivity index (χ2n) is 8.68. The van der Waals surface area contributed by atoms with Gasteiger partial charge in [0.1, 0.15) is 29.2 Å². The number of carbonyl (C=O) groups excluding carboxylic acids is 4. The minimum absolute atomic E-state index is 0.00606. The zero-order valence-electron chi connectivity index (χ0n) is 15.2. The van der Waals surface area contributed by atoms with Crippen LogP contribution >= 0.6 is 0 Å². The number of aliphatic hydroxyl groups is 1. The summed E-state index contributed by atoms with van der Waals surface area (Å²) in [5.74, 6) is -4.87. The summed E-state index contributed by atoms with van der Waals surface area (Å²) < 4.78 is 11.0. The Morgan fingerprint density at radius 1 is 1.08 bits per heavy atom. The molecule has 5 aliphatic rings. The van der Waals surface area contributed by atoms with Gasteiger partial charge in [-0.1, -0.05) is 13.8 Å². The van der Waals surface area contributed by atoms with Crippen LogP contribution in [0.4, 0.5) is 0 Å². The lowest BCUT2D eigenvalue weighted by molar-refractivity contribution is -0.305. The van der Waals surface area contributed by atoms with Crippen molar-refractivity contribution >= 4 is 23.5 Å². The van der Waals surface area contributed by atoms with Crippen LogP contribution in [0, 0.1) is 29.6 Å². The average Bonchev–Trinajstić information content (AvgIpc) is 2.55. The van der Waals surface area contributed by atoms with E-state index in [-0.39, 0.29) is 42.7 Å². The van der Waals surface area contributed by atoms with Crippen LogP contribution in [0.3, 0.4) is 0 Å². The van der Waals surface area contributed by atoms with E-state index < -0.39 is 47.0 Å². The fraction of sp³-hybridized carbons (Fsp3) is 0.789. The van der Waals surface area contributed by atoms with Gasteiger partial charge >= 0.3 is 11.9 Å². The fourth-order valence-electron chi connectivity index (χ4n) is 5.44. The van der Waals surface area contributed by atoms with Gasteiger partial charge in [-0.25, -0.2) is 4.79 Å². The average molecular weight is 364 g/mol. The lowest BCUT2D eigenvalue weighted by Gasteiger charge is -2.63. The van der Waals surface area contributed by atoms with E-state index in [4.69, 9.17) is 9.47 Å². The molecule has 3 aliphatic heterocycles. The van der Waals surface area contributed by atoms with Crippen molar-refractivity contribution in [3.05, 3.63) is 0 Å². The van der Waals surface area contributed by atoms with Crippen molar-refractivity contribution in [1.29, 1.82) is 0 Å². The number of aliphatic hydroxyl groups excluding tert-OH is 1. The van der Waals surface area contributed by atoms with Crippen LogP contribution in [0.25, 0.3) is 0 Å². The van der Waals surface area contributed by atoms with Gasteiger partial charge in [0.05, 0.1) is 0 Å². The number of ketones is 2. The van der Waals surface area contributed by atoms with Crippen molar-refractivity contribution in [2.24, 2.45) is 29.6 Å². The number of fused-ring (bicyclic) bond motifs is 3. The van der Waals surface area contributed by atoms with Crippen molar-refractivity contribution in [2.75, 3.05) is 0 Å². The molecule has 1 spiro atoms. The van der Waals surface area contributed by atoms with Gasteiger partial charge in [0.25, 0.3) is 0 Å². The van der Waals surface area contributed by atoms with Gasteiger partial charge in [-0.2, -0.15) is 0 Å². The van der Waals surface area contributed by atoms with Crippen LogP contribution in [-0.4, -0.2) is 45.9 Å². The first-order valence-corrected chi connectivity index (χ1v) is 9.31. The number of carbonyl (C=O) groups is 4. The molecule has 5 rings (SSSR count). The third-order valence-electron chi connectivity index (χ3n) is 7.30. The molecule has 0 radical (unpaired) electrons. The summed E-state index contributed by atoms with van der Waals surface area (Å²) >= 11 is 0. The first-order chi connectivity index (χ1) is 12.1. The SMILES string of the molecule is C[C@H]1CCC(=O)[C@H]2C(=O)O[C@@]34C[C@H](C)[C@@](C)(OC3=O)[C@@H](O)[C@H]4[C@H]2CC1=O. The molecule has 0 aromatic heterocycles. The number of ether oxygens (including phenoxy) is 2. The van der Waals surface area contributed by atoms with Gasteiger partial charge in [0.15, 0.2) is 0 Å². The standard InChI is InChI=1S/C19H24O7/c1-8-4-5-11(20)13-10(6-12(8)21)14-15(22)18(3)9(2)7-19(14,17(24)26-18)25-16(13)23/h8-10,13-15,22H,4-7H2,1-3H3/t8-,9-,10-,13-,14+,15-,18+,19+/m0/s1. The molecule has 0 unspecified atom stereocenters. The van der Waals surface area contributed by atoms with Crippen LogP contribution in [-0.2, 0) is 28.7 Å². The minimum Gasteiger partial charge on any atom is -0.453 e. The molecule has 2 saturated carbocycles. The van der Waals surface area contributed by atoms with Crippen LogP contribution in [0.5, 0.6) is 0 Å². The van der Waals surface area contributed by atoms with E-state index in [0.29, 0.717) is 6.42 Å². The first-order valence-electron chi connectivity index (χ1n) is 9.31. The number of hydrogen-bond acceptors (Lipinski definition) is 7. The van der Waals surface area contributed by atoms with Crippen molar-refractivity contribution < 1.29 is 33.8 Å². The maximum Gasteiger partial charge on any atom is 0.351 e. The first kappa shape index (κ1) is 17.6. The highest BCUT2D eigenvalue weighted by molar-refractivity contribution is 6.03. The largest absolute Gasteiger partial charge is 0.453 e. The van der Waals surface area contributed by atoms with Gasteiger partial charge < -0.3 is 14.6 Å². The Labute approximate surface area is 151 Å². The fourth-order valence-corrected chi connectivity index (χ4v) is 5.44. The molecule has 26 heavy (non-hydrogen) atoms. The van der Waals surface area contributed by atoms with Crippen molar-refractivity contribution in [3.63, 3.8) is 0 Å². The molecule has 3 saturated heterocycles. The van der Waals surface area contributed by atoms with Crippen LogP contribution in [0.15, 0.2) is 0 Å². The van der Waals surface area contributed by atoms with E-state index in [0.717, 1.165) is 0 Å². The van der Waals surface area contributed by atoms with Crippen molar-refractivity contribution in [2.45, 2.75) is 63.8 Å². The molecule has 0 aromatic carbocycles. The van der Waals surface area contributed by atoms with Gasteiger partial charge in [0.2, 0.25) is 5.60 Å². The summed E-state index contributed by atoms with van der Waals surface area (Å²) in [6, 6.07) is 0. The summed E-state index contributed by atoms with van der Waals surface area (Å²) in [6.45, 7) is 5.28. The van der Waals surface area contributed by atoms with Crippen molar-refractivity contribution in [1.82, 2.24) is 0 Å². The quantitative estimate of drug-likeness (QED) is 0.500. The van der Waals surface area contributed by atoms with E-state index in [1.807, 2.05) is 6.92 Å². The topological polar surface area (TPSA) is 107 Å². The third kappa shape index (κ3) is 2.03. The lowest BCUT2D eigenvalue weighted by Crippen LogP contribution is -2.78. The molecule has 5 fully saturated rings. The maximum absolute atomic E-state index is 12.7. The van der Waals surface area contributed by atoms with Gasteiger partial charge in [-0.3, -0.25) is 14.4 Å². The predicted molar refractivity (Wildman–Crippen MR) is 86.6 cm³/mol. The molecule has 2 bridgehead atoms. The predicted octanol–water partition coefficient (Wildman–Crippen LogP) is 0.805. The Morgan fingerprint density at radius 2 is 1.77 bits per heavy atom. The van der Waals surface area contributed by atoms with Crippen LogP contribution in [0.2, 0.25) is 0 Å². The van der Waals surface area contributed by atoms with E-state index in [1.54, 1.807) is 13.8 Å². The normalized spacial score (nSPS) is 50.9. The zero-order valence-corrected chi connectivity index (χ0v) is 15.2. The number of esters is 2. The smallest absolute Gasteiger partial charge is 0.351 e. The Balaban J connectivity index is 1.84. The molecule has 0 amide bonds. The molecule has 142 valence electrons. The van der Waals surface area contributed by atoms with E-state index in [1.165, 1.54) is 0 Å². The summed E-state index contributed by atoms with van der Waals surface area (Å²) in [6.07, 6.45) is -0.342. The molecular weight excluding hydrogens is 340 g/mol. The van der Waals surface area contributed by atoms with E-state index in [9.17, 15) is 24.3 Å². The Hall–Kier alpha value is -1.76. The molecular formula is C19H24O7. The number of hydrogen-bond donors (Lipinski definition) is 1. The second-order valence-corrected chi connectivity index (χ2v) is 8.68. The van der Waals surface area contributed by atoms with Crippen molar-refractivity contribution in [3.8, 4) is 0 Å². The summed E-state index contributed by atoms with van der Waals surface area (Å²) in [5, 5.41) is 11.1. The molecule has 3 heterocycles. The highest BCUT2D eigenvalue weighted by Crippen LogP contribution is 2.59. The van der Waals surface area contributed by atoms with E-state index >= 15 is 0 Å². The Bertz CT molecular complexity index is 715. The molecule has 7 nitrogen and oxygen atoms in total. The van der Waals surface area contributed by atoms with Gasteiger partial charge in [-0.15, -0.1) is 0 Å². The molecule has 7 heteroatoms. The maximum atomic E-state index is 12.7. The summed E-state index contributed by atoms with van der Waals surface area (Å²) in [5.41, 5.74) is -2.71. The minimum atomic E-state index is -1.60. The summed E-state index contributed by atoms with van der Waals surface area (Å²) in [7, 11) is 0. The van der Waals surface area contributed by atoms with Gasteiger partial charge in [0, 0.05) is 37.0 Å². The Morgan fingerprint density at radius 3 is 2.46 bits per heavy atom. The highest BCUT2D eigenvalue weighted by atomic mass is 16.6. The number of Topliss-reactive ketones (excluding diaryl/α,β-unsaturated/α-hetero) is 2. The highest BCUT2D eigenvalue weighted by Gasteiger charge is 2.75. The second kappa shape index (κ2) is 5.38.